The second-order valence-electron chi connectivity index (χ2n) is 11.2. The van der Waals surface area contributed by atoms with Gasteiger partial charge in [-0.3, -0.25) is 9.69 Å². The molecule has 2 aromatic rings. The summed E-state index contributed by atoms with van der Waals surface area (Å²) >= 11 is 0. The number of carbonyl (C=O) groups is 2. The molecule has 1 saturated carbocycles. The first kappa shape index (κ1) is 34.9. The Morgan fingerprint density at radius 1 is 0.915 bits per heavy atom. The van der Waals surface area contributed by atoms with E-state index in [1.165, 1.54) is 0 Å². The van der Waals surface area contributed by atoms with Gasteiger partial charge in [-0.25, -0.2) is 4.79 Å². The molecule has 1 aliphatic heterocycles. The van der Waals surface area contributed by atoms with Crippen LogP contribution in [0, 0.1) is 0 Å². The number of carbonyl (C=O) groups excluding carboxylic acids is 2. The van der Waals surface area contributed by atoms with Crippen LogP contribution in [0.5, 0.6) is 0 Å². The molecule has 1 heterocycles. The molecule has 1 N–H and O–H groups in total. The third kappa shape index (κ3) is 9.27. The fourth-order valence-corrected chi connectivity index (χ4v) is 5.80. The molecule has 248 valence electrons. The lowest BCUT2D eigenvalue weighted by Gasteiger charge is -2.45. The number of nitrogens with zero attached hydrogens (tertiary/aromatic N) is 10. The van der Waals surface area contributed by atoms with Crippen LogP contribution < -0.4 is 0 Å². The van der Waals surface area contributed by atoms with Crippen molar-refractivity contribution in [3.05, 3.63) is 103 Å². The Bertz CT molecular complexity index is 1500. The van der Waals surface area contributed by atoms with Gasteiger partial charge in [-0.15, -0.1) is 0 Å². The first-order chi connectivity index (χ1) is 22.7. The van der Waals surface area contributed by atoms with E-state index in [1.807, 2.05) is 67.6 Å². The third-order valence-corrected chi connectivity index (χ3v) is 8.14. The van der Waals surface area contributed by atoms with Crippen molar-refractivity contribution in [1.82, 2.24) is 4.90 Å². The van der Waals surface area contributed by atoms with Crippen LogP contribution in [0.15, 0.2) is 76.0 Å². The maximum absolute atomic E-state index is 13.5. The lowest BCUT2D eigenvalue weighted by atomic mass is 9.84. The van der Waals surface area contributed by atoms with Gasteiger partial charge in [0.15, 0.2) is 6.29 Å². The molecule has 1 amide bonds. The summed E-state index contributed by atoms with van der Waals surface area (Å²) in [5.74, 6) is -0.736. The summed E-state index contributed by atoms with van der Waals surface area (Å²) in [5.41, 5.74) is 29.2. The predicted octanol–water partition coefficient (Wildman–Crippen LogP) is 5.84. The lowest BCUT2D eigenvalue weighted by Crippen LogP contribution is -2.59. The Morgan fingerprint density at radius 3 is 2.09 bits per heavy atom. The van der Waals surface area contributed by atoms with Crippen LogP contribution in [0.1, 0.15) is 44.2 Å². The van der Waals surface area contributed by atoms with E-state index in [2.05, 4.69) is 30.1 Å². The summed E-state index contributed by atoms with van der Waals surface area (Å²) in [5, 5.41) is 22.5. The molecule has 47 heavy (non-hydrogen) atoms. The molecule has 0 bridgehead atoms. The van der Waals surface area contributed by atoms with Crippen molar-refractivity contribution in [3.63, 3.8) is 0 Å². The number of azide groups is 3. The lowest BCUT2D eigenvalue weighted by molar-refractivity contribution is -0.260. The van der Waals surface area contributed by atoms with Crippen molar-refractivity contribution in [2.75, 3.05) is 0 Å². The second-order valence-corrected chi connectivity index (χ2v) is 11.2. The quantitative estimate of drug-likeness (QED) is 0.127. The highest BCUT2D eigenvalue weighted by Crippen LogP contribution is 2.35. The highest BCUT2D eigenvalue weighted by atomic mass is 16.7. The molecule has 9 atom stereocenters. The zero-order chi connectivity index (χ0) is 33.8. The van der Waals surface area contributed by atoms with Crippen LogP contribution in [0.3, 0.4) is 0 Å². The highest BCUT2D eigenvalue weighted by molar-refractivity contribution is 5.68. The molecule has 17 heteroatoms. The van der Waals surface area contributed by atoms with Gasteiger partial charge in [0.25, 0.3) is 0 Å². The average Bonchev–Trinajstić information content (AvgIpc) is 3.07. The molecule has 2 aliphatic rings. The van der Waals surface area contributed by atoms with E-state index in [9.17, 15) is 25.8 Å². The van der Waals surface area contributed by atoms with Crippen LogP contribution >= 0.6 is 0 Å². The normalized spacial score (nSPS) is 27.5. The Balaban J connectivity index is 1.58. The molecule has 2 aromatic carbocycles. The van der Waals surface area contributed by atoms with Crippen molar-refractivity contribution >= 4 is 12.1 Å². The van der Waals surface area contributed by atoms with Crippen LogP contribution in [0.2, 0.25) is 0 Å². The number of ether oxygens (including phenoxy) is 4. The molecule has 4 rings (SSSR count). The zero-order valence-electron chi connectivity index (χ0n) is 25.9. The van der Waals surface area contributed by atoms with Crippen molar-refractivity contribution in [2.24, 2.45) is 15.3 Å². The topological polar surface area (TPSA) is 241 Å². The van der Waals surface area contributed by atoms with Crippen LogP contribution in [-0.4, -0.2) is 76.9 Å². The van der Waals surface area contributed by atoms with E-state index in [0.717, 1.165) is 18.1 Å². The maximum Gasteiger partial charge on any atom is 0.410 e. The summed E-state index contributed by atoms with van der Waals surface area (Å²) in [7, 11) is 0. The minimum Gasteiger partial charge on any atom is -0.459 e. The Morgan fingerprint density at radius 2 is 1.49 bits per heavy atom. The standard InChI is InChI=1S/C30H36N10O7/c1-18(40(16-20-9-5-3-6-10-20)30(43)44-17-21-11-7-4-8-12-21)25-14-13-22(34-37-31)29(46-25)47-28-24(36-39-33)15-23(35-38-32)27(26(28)42)45-19(2)41/h3-12,18,22-29,42H,13-17H2,1-2H3/t18-,22-,23-,24+,25+,26-,27+,28-,29-/m1/s1. The summed E-state index contributed by atoms with van der Waals surface area (Å²) in [6.45, 7) is 3.22. The fourth-order valence-electron chi connectivity index (χ4n) is 5.80. The number of benzene rings is 2. The van der Waals surface area contributed by atoms with Crippen LogP contribution in [0.4, 0.5) is 4.79 Å². The van der Waals surface area contributed by atoms with Crippen molar-refractivity contribution in [3.8, 4) is 0 Å². The van der Waals surface area contributed by atoms with E-state index in [1.54, 1.807) is 4.90 Å². The first-order valence-corrected chi connectivity index (χ1v) is 15.1. The first-order valence-electron chi connectivity index (χ1n) is 15.1. The zero-order valence-corrected chi connectivity index (χ0v) is 25.9. The Kier molecular flexibility index (Phi) is 12.7. The van der Waals surface area contributed by atoms with Gasteiger partial charge < -0.3 is 24.1 Å². The van der Waals surface area contributed by atoms with Gasteiger partial charge in [-0.1, -0.05) is 76.0 Å². The van der Waals surface area contributed by atoms with Gasteiger partial charge in [0.05, 0.1) is 36.4 Å². The largest absolute Gasteiger partial charge is 0.459 e. The van der Waals surface area contributed by atoms with Gasteiger partial charge in [0.1, 0.15) is 18.8 Å². The number of rotatable bonds is 12. The third-order valence-electron chi connectivity index (χ3n) is 8.14. The number of esters is 1. The molecule has 1 saturated heterocycles. The molecule has 1 aliphatic carbocycles. The van der Waals surface area contributed by atoms with E-state index in [0.29, 0.717) is 12.8 Å². The smallest absolute Gasteiger partial charge is 0.410 e. The number of aliphatic hydroxyl groups is 1. The van der Waals surface area contributed by atoms with Crippen molar-refractivity contribution in [1.29, 1.82) is 0 Å². The highest BCUT2D eigenvalue weighted by Gasteiger charge is 2.49. The summed E-state index contributed by atoms with van der Waals surface area (Å²) in [6.07, 6.45) is -6.10. The minimum absolute atomic E-state index is 0.0641. The van der Waals surface area contributed by atoms with E-state index >= 15 is 0 Å². The second kappa shape index (κ2) is 17.1. The Hall–Kier alpha value is -5.01. The molecule has 2 fully saturated rings. The van der Waals surface area contributed by atoms with Crippen LogP contribution in [-0.2, 0) is 36.9 Å². The Labute approximate surface area is 270 Å². The van der Waals surface area contributed by atoms with Crippen LogP contribution in [0.25, 0.3) is 31.3 Å². The number of hydrogen-bond acceptors (Lipinski definition) is 10. The minimum atomic E-state index is -1.60. The molecule has 17 nitrogen and oxygen atoms in total. The van der Waals surface area contributed by atoms with E-state index in [4.69, 9.17) is 24.5 Å². The van der Waals surface area contributed by atoms with E-state index < -0.39 is 66.9 Å². The van der Waals surface area contributed by atoms with Gasteiger partial charge in [-0.2, -0.15) is 0 Å². The summed E-state index contributed by atoms with van der Waals surface area (Å²) in [4.78, 5) is 35.4. The van der Waals surface area contributed by atoms with Gasteiger partial charge in [0, 0.05) is 28.2 Å². The maximum atomic E-state index is 13.5. The van der Waals surface area contributed by atoms with Gasteiger partial charge in [-0.05, 0) is 53.9 Å². The van der Waals surface area contributed by atoms with Gasteiger partial charge >= 0.3 is 12.1 Å². The molecule has 0 spiro atoms. The molecular formula is C30H36N10O7. The number of aliphatic hydroxyl groups excluding tert-OH is 1. The molecular weight excluding hydrogens is 612 g/mol. The predicted molar refractivity (Wildman–Crippen MR) is 166 cm³/mol. The number of hydrogen-bond donors (Lipinski definition) is 1. The summed E-state index contributed by atoms with van der Waals surface area (Å²) < 4.78 is 23.5. The average molecular weight is 649 g/mol. The molecule has 0 aromatic heterocycles. The van der Waals surface area contributed by atoms with Crippen molar-refractivity contribution < 1.29 is 33.6 Å². The SMILES string of the molecule is CC(=O)O[C@@H]1[C@@H](O)[C@H](O[C@H]2O[C@H]([C@@H](C)N(Cc3ccccc3)C(=O)OCc3ccccc3)CC[C@H]2N=[N+]=[N-])[C@@H](N=[N+]=[N-])C[C@H]1N=[N+]=[N-]. The number of amides is 1. The monoisotopic (exact) mass is 648 g/mol. The van der Waals surface area contributed by atoms with E-state index in [-0.39, 0.29) is 19.6 Å². The molecule has 0 radical (unpaired) electrons. The fraction of sp³-hybridized carbons (Fsp3) is 0.533. The molecule has 0 unspecified atom stereocenters. The van der Waals surface area contributed by atoms with Gasteiger partial charge in [0.2, 0.25) is 0 Å². The summed E-state index contributed by atoms with van der Waals surface area (Å²) in [6, 6.07) is 15.1. The van der Waals surface area contributed by atoms with Crippen molar-refractivity contribution in [2.45, 2.75) is 101 Å².